The molecule has 0 aromatic carbocycles. The molecular weight excluding hydrogens is 292 g/mol. The van der Waals surface area contributed by atoms with Crippen LogP contribution < -0.4 is 0 Å². The van der Waals surface area contributed by atoms with Gasteiger partial charge in [-0.1, -0.05) is 0 Å². The molecular formula is C11H22O6S2. The summed E-state index contributed by atoms with van der Waals surface area (Å²) in [6.07, 6.45) is -0.400. The summed E-state index contributed by atoms with van der Waals surface area (Å²) in [4.78, 5) is 0. The molecule has 0 radical (unpaired) electrons. The lowest BCUT2D eigenvalue weighted by atomic mass is 10.3. The molecule has 1 unspecified atom stereocenters. The Kier molecular flexibility index (Phi) is 6.22. The van der Waals surface area contributed by atoms with Crippen molar-refractivity contribution in [2.75, 3.05) is 31.3 Å². The summed E-state index contributed by atoms with van der Waals surface area (Å²) in [5.41, 5.74) is 0. The lowest BCUT2D eigenvalue weighted by molar-refractivity contribution is 0.0371. The average Bonchev–Trinajstić information content (AvgIpc) is 2.26. The van der Waals surface area contributed by atoms with Crippen LogP contribution in [-0.2, 0) is 29.1 Å². The number of hydrogen-bond donors (Lipinski definition) is 0. The van der Waals surface area contributed by atoms with Gasteiger partial charge >= 0.3 is 0 Å². The summed E-state index contributed by atoms with van der Waals surface area (Å²) in [5.74, 6) is -0.176. The van der Waals surface area contributed by atoms with Crippen molar-refractivity contribution in [3.05, 3.63) is 0 Å². The van der Waals surface area contributed by atoms with E-state index in [4.69, 9.17) is 9.47 Å². The fourth-order valence-electron chi connectivity index (χ4n) is 2.24. The minimum Gasteiger partial charge on any atom is -0.382 e. The van der Waals surface area contributed by atoms with Gasteiger partial charge in [-0.05, 0) is 26.7 Å². The van der Waals surface area contributed by atoms with Crippen LogP contribution in [0.3, 0.4) is 0 Å². The van der Waals surface area contributed by atoms with Crippen LogP contribution in [0.4, 0.5) is 0 Å². The van der Waals surface area contributed by atoms with E-state index in [1.165, 1.54) is 0 Å². The molecule has 1 atom stereocenters. The molecule has 8 heteroatoms. The molecule has 0 spiro atoms. The maximum absolute atomic E-state index is 12.0. The molecule has 0 saturated carbocycles. The first kappa shape index (κ1) is 16.9. The second-order valence-electron chi connectivity index (χ2n) is 4.44. The zero-order valence-electron chi connectivity index (χ0n) is 11.4. The summed E-state index contributed by atoms with van der Waals surface area (Å²) in [6, 6.07) is 0. The zero-order valence-corrected chi connectivity index (χ0v) is 13.0. The van der Waals surface area contributed by atoms with E-state index in [-0.39, 0.29) is 31.0 Å². The lowest BCUT2D eigenvalue weighted by Gasteiger charge is -2.29. The van der Waals surface area contributed by atoms with Crippen molar-refractivity contribution >= 4 is 19.7 Å². The highest BCUT2D eigenvalue weighted by atomic mass is 32.3. The highest BCUT2D eigenvalue weighted by Gasteiger charge is 2.46. The molecule has 0 aliphatic carbocycles. The summed E-state index contributed by atoms with van der Waals surface area (Å²) >= 11 is 0. The molecule has 1 saturated heterocycles. The number of ether oxygens (including phenoxy) is 2. The fourth-order valence-corrected chi connectivity index (χ4v) is 7.69. The normalized spacial score (nSPS) is 24.1. The summed E-state index contributed by atoms with van der Waals surface area (Å²) in [5, 5.41) is 0. The van der Waals surface area contributed by atoms with E-state index in [1.807, 2.05) is 6.92 Å². The predicted molar refractivity (Wildman–Crippen MR) is 72.5 cm³/mol. The molecule has 0 aromatic rings. The van der Waals surface area contributed by atoms with Gasteiger partial charge in [0.1, 0.15) is 0 Å². The van der Waals surface area contributed by atoms with E-state index in [2.05, 4.69) is 0 Å². The Morgan fingerprint density at radius 3 is 2.11 bits per heavy atom. The van der Waals surface area contributed by atoms with Crippen molar-refractivity contribution in [3.63, 3.8) is 0 Å². The van der Waals surface area contributed by atoms with Gasteiger partial charge in [-0.3, -0.25) is 0 Å². The first-order chi connectivity index (χ1) is 8.85. The smallest absolute Gasteiger partial charge is 0.188 e. The van der Waals surface area contributed by atoms with Crippen molar-refractivity contribution < 1.29 is 26.3 Å². The van der Waals surface area contributed by atoms with Crippen molar-refractivity contribution in [1.29, 1.82) is 0 Å². The van der Waals surface area contributed by atoms with Crippen LogP contribution in [0.5, 0.6) is 0 Å². The Balaban J connectivity index is 2.95. The van der Waals surface area contributed by atoms with Gasteiger partial charge in [-0.2, -0.15) is 0 Å². The lowest BCUT2D eigenvalue weighted by Crippen LogP contribution is -2.48. The van der Waals surface area contributed by atoms with Gasteiger partial charge in [0.2, 0.25) is 0 Å². The third-order valence-electron chi connectivity index (χ3n) is 3.00. The fraction of sp³-hybridized carbons (Fsp3) is 1.00. The van der Waals surface area contributed by atoms with E-state index in [0.29, 0.717) is 13.2 Å². The second-order valence-corrected chi connectivity index (χ2v) is 9.22. The first-order valence-electron chi connectivity index (χ1n) is 6.47. The monoisotopic (exact) mass is 314 g/mol. The van der Waals surface area contributed by atoms with Gasteiger partial charge in [0.25, 0.3) is 0 Å². The first-order valence-corrected chi connectivity index (χ1v) is 9.90. The molecule has 0 N–H and O–H groups in total. The molecule has 1 fully saturated rings. The van der Waals surface area contributed by atoms with E-state index < -0.39 is 30.4 Å². The molecule has 0 aromatic heterocycles. The molecule has 0 amide bonds. The molecule has 114 valence electrons. The van der Waals surface area contributed by atoms with Crippen LogP contribution in [0, 0.1) is 0 Å². The predicted octanol–water partition coefficient (Wildman–Crippen LogP) is 0.378. The average molecular weight is 314 g/mol. The molecule has 0 bridgehead atoms. The van der Waals surface area contributed by atoms with E-state index in [0.717, 1.165) is 0 Å². The molecule has 1 aliphatic rings. The Labute approximate surface area is 115 Å². The third-order valence-corrected chi connectivity index (χ3v) is 8.50. The summed E-state index contributed by atoms with van der Waals surface area (Å²) < 4.78 is 57.3. The van der Waals surface area contributed by atoms with Gasteiger partial charge < -0.3 is 9.47 Å². The zero-order chi connectivity index (χ0) is 14.5. The van der Waals surface area contributed by atoms with Gasteiger partial charge in [0.15, 0.2) is 24.3 Å². The van der Waals surface area contributed by atoms with Crippen LogP contribution in [-0.4, -0.2) is 58.8 Å². The SMILES string of the molecule is CCOCCC(OCC)C1S(=O)(=O)CCCS1(=O)=O. The highest BCUT2D eigenvalue weighted by Crippen LogP contribution is 2.26. The van der Waals surface area contributed by atoms with Gasteiger partial charge in [0.05, 0.1) is 17.6 Å². The van der Waals surface area contributed by atoms with Crippen LogP contribution >= 0.6 is 0 Å². The largest absolute Gasteiger partial charge is 0.382 e. The van der Waals surface area contributed by atoms with Crippen LogP contribution in [0.15, 0.2) is 0 Å². The third kappa shape index (κ3) is 4.40. The molecule has 6 nitrogen and oxygen atoms in total. The molecule has 19 heavy (non-hydrogen) atoms. The Morgan fingerprint density at radius 1 is 1.05 bits per heavy atom. The molecule has 1 heterocycles. The number of hydrogen-bond acceptors (Lipinski definition) is 6. The molecule has 1 aliphatic heterocycles. The number of sulfone groups is 2. The standard InChI is InChI=1S/C11H22O6S2/c1-3-16-7-6-10(17-4-2)11-18(12,13)8-5-9-19(11,14)15/h10-11H,3-9H2,1-2H3. The van der Waals surface area contributed by atoms with Crippen molar-refractivity contribution in [2.24, 2.45) is 0 Å². The Hall–Kier alpha value is -0.180. The molecule has 1 rings (SSSR count). The summed E-state index contributed by atoms with van der Waals surface area (Å²) in [7, 11) is -7.32. The van der Waals surface area contributed by atoms with Gasteiger partial charge in [0, 0.05) is 19.8 Å². The number of rotatable bonds is 7. The van der Waals surface area contributed by atoms with E-state index in [1.54, 1.807) is 6.92 Å². The minimum absolute atomic E-state index is 0.0882. The summed E-state index contributed by atoms with van der Waals surface area (Å²) in [6.45, 7) is 4.61. The van der Waals surface area contributed by atoms with Gasteiger partial charge in [-0.15, -0.1) is 0 Å². The van der Waals surface area contributed by atoms with Crippen molar-refractivity contribution in [3.8, 4) is 0 Å². The second kappa shape index (κ2) is 7.01. The van der Waals surface area contributed by atoms with Gasteiger partial charge in [-0.25, -0.2) is 16.8 Å². The van der Waals surface area contributed by atoms with Crippen molar-refractivity contribution in [2.45, 2.75) is 37.4 Å². The quantitative estimate of drug-likeness (QED) is 0.631. The maximum atomic E-state index is 12.0. The highest BCUT2D eigenvalue weighted by molar-refractivity contribution is 8.09. The van der Waals surface area contributed by atoms with Crippen molar-refractivity contribution in [1.82, 2.24) is 0 Å². The maximum Gasteiger partial charge on any atom is 0.188 e. The van der Waals surface area contributed by atoms with Crippen LogP contribution in [0.2, 0.25) is 0 Å². The minimum atomic E-state index is -3.66. The Morgan fingerprint density at radius 2 is 1.63 bits per heavy atom. The topological polar surface area (TPSA) is 86.7 Å². The van der Waals surface area contributed by atoms with E-state index >= 15 is 0 Å². The van der Waals surface area contributed by atoms with E-state index in [9.17, 15) is 16.8 Å². The Bertz CT molecular complexity index is 433. The van der Waals surface area contributed by atoms with Crippen LogP contribution in [0.1, 0.15) is 26.7 Å². The van der Waals surface area contributed by atoms with Crippen LogP contribution in [0.25, 0.3) is 0 Å².